The van der Waals surface area contributed by atoms with Crippen molar-refractivity contribution in [1.29, 1.82) is 0 Å². The first kappa shape index (κ1) is 29.5. The Kier molecular flexibility index (Phi) is 9.33. The monoisotopic (exact) mass is 910 g/mol. The summed E-state index contributed by atoms with van der Waals surface area (Å²) in [6.45, 7) is -2.08. The van der Waals surface area contributed by atoms with Gasteiger partial charge in [0.15, 0.2) is 0 Å². The van der Waals surface area contributed by atoms with Crippen LogP contribution in [-0.4, -0.2) is 23.2 Å². The number of hydrogen-bond acceptors (Lipinski definition) is 3. The molecule has 1 radical (unpaired) electrons. The average molecular weight is 909 g/mol. The Morgan fingerprint density at radius 2 is 1.52 bits per heavy atom. The summed E-state index contributed by atoms with van der Waals surface area (Å²) in [5.74, 6) is 6.98. The molecule has 0 bridgehead atoms. The number of aryl methyl sites for hydroxylation is 1. The molecule has 50 heavy (non-hydrogen) atoms. The summed E-state index contributed by atoms with van der Waals surface area (Å²) in [7, 11) is 0. The van der Waals surface area contributed by atoms with Crippen molar-refractivity contribution in [1.82, 2.24) is 9.97 Å². The Morgan fingerprint density at radius 3 is 2.22 bits per heavy atom. The molecule has 0 saturated carbocycles. The molecule has 0 atom stereocenters. The number of benzene rings is 5. The van der Waals surface area contributed by atoms with Crippen LogP contribution < -0.4 is 4.40 Å². The van der Waals surface area contributed by atoms with Gasteiger partial charge in [-0.3, -0.25) is 0 Å². The van der Waals surface area contributed by atoms with Gasteiger partial charge in [0.25, 0.3) is 0 Å². The molecule has 0 saturated heterocycles. The molecule has 8 aromatic rings. The molecule has 0 amide bonds. The van der Waals surface area contributed by atoms with Gasteiger partial charge in [-0.25, -0.2) is 0 Å². The molecule has 8 rings (SSSR count). The van der Waals surface area contributed by atoms with E-state index in [1.54, 1.807) is 35.7 Å². The Balaban J connectivity index is 0.000000211. The quantitative estimate of drug-likeness (QED) is 0.123. The summed E-state index contributed by atoms with van der Waals surface area (Å²) < 4.78 is 43.2. The summed E-state index contributed by atoms with van der Waals surface area (Å²) in [6, 6.07) is 49.4. The fraction of sp³-hybridized carbons (Fsp3) is 0.111. The van der Waals surface area contributed by atoms with Crippen LogP contribution in [0.4, 0.5) is 0 Å². The summed E-state index contributed by atoms with van der Waals surface area (Å²) in [5.41, 5.74) is 7.22. The molecule has 0 aliphatic heterocycles. The molecule has 5 aromatic carbocycles. The van der Waals surface area contributed by atoms with Crippen molar-refractivity contribution in [3.63, 3.8) is 0 Å². The van der Waals surface area contributed by atoms with E-state index in [-0.39, 0.29) is 20.1 Å². The Morgan fingerprint density at radius 1 is 0.720 bits per heavy atom. The minimum atomic E-state index is -2.08. The van der Waals surface area contributed by atoms with E-state index in [1.165, 1.54) is 37.1 Å². The summed E-state index contributed by atoms with van der Waals surface area (Å²) in [6.07, 6.45) is 2.03. The zero-order valence-corrected chi connectivity index (χ0v) is 33.3. The zero-order valence-electron chi connectivity index (χ0n) is 33.0. The molecule has 0 fully saturated rings. The molecule has 2 nitrogen and oxygen atoms in total. The molecule has 0 spiro atoms. The molecule has 5 heteroatoms. The van der Waals surface area contributed by atoms with Gasteiger partial charge in [-0.15, -0.1) is 23.8 Å². The second-order valence-electron chi connectivity index (χ2n) is 12.9. The SMILES string of the molecule is [2H]C([2H])([2H])c1c[c-]c(-c2cc[c]([Ge]([CH3])([CH3])[CH3])cn2)cc1.[2H]C([2H])(c1ccccc1)c1ccnc(-c2[c-]ccc3c2sc2cc(-c4ccccc4)ccc23)c1.[Ir]. The average Bonchev–Trinajstić information content (AvgIpc) is 3.57. The van der Waals surface area contributed by atoms with Gasteiger partial charge in [0.2, 0.25) is 0 Å². The van der Waals surface area contributed by atoms with Gasteiger partial charge < -0.3 is 4.98 Å². The van der Waals surface area contributed by atoms with E-state index in [4.69, 9.17) is 6.85 Å². The maximum atomic E-state index is 8.75. The Hall–Kier alpha value is -4.19. The standard InChI is InChI=1S/C30H20NS.C15H18GeN.Ir/c1-3-8-21(9-4-1)18-22-16-17-31-28(19-22)27-13-7-12-26-25-15-14-24(20-29(25)32-30(26)27)23-10-5-2-6-11-23;1-12-5-7-13(8-6-12)15-10-9-14(11-17-15)16(2,3)4;/h1-12,14-17,19-20H,18H2;5-7,9-11H,1-4H3;/q2*-1;/i18D2;1D3;. The molecular weight excluding hydrogens is 865 g/mol. The van der Waals surface area contributed by atoms with Crippen LogP contribution in [0, 0.1) is 19.0 Å². The van der Waals surface area contributed by atoms with Crippen molar-refractivity contribution in [2.75, 3.05) is 0 Å². The van der Waals surface area contributed by atoms with Crippen LogP contribution in [0.1, 0.15) is 23.5 Å². The molecule has 3 heterocycles. The first-order valence-corrected chi connectivity index (χ1v) is 24.4. The topological polar surface area (TPSA) is 25.8 Å². The molecule has 0 aliphatic rings. The van der Waals surface area contributed by atoms with E-state index in [0.717, 1.165) is 27.2 Å². The van der Waals surface area contributed by atoms with Crippen molar-refractivity contribution >= 4 is 49.2 Å². The Bertz CT molecular complexity index is 2480. The zero-order chi connectivity index (χ0) is 38.1. The van der Waals surface area contributed by atoms with Gasteiger partial charge >= 0.3 is 110 Å². The van der Waals surface area contributed by atoms with Crippen LogP contribution in [0.2, 0.25) is 17.3 Å². The number of pyridine rings is 2. The summed E-state index contributed by atoms with van der Waals surface area (Å²) >= 11 is -0.0942. The van der Waals surface area contributed by atoms with Crippen LogP contribution in [-0.2, 0) is 26.5 Å². The van der Waals surface area contributed by atoms with E-state index in [2.05, 4.69) is 94.0 Å². The largest absolute Gasteiger partial charge is 0.305 e. The minimum Gasteiger partial charge on any atom is -0.305 e. The van der Waals surface area contributed by atoms with Crippen molar-refractivity contribution < 1.29 is 27.0 Å². The third kappa shape index (κ3) is 8.22. The maximum Gasteiger partial charge on any atom is 0.0365 e. The number of rotatable bonds is 6. The van der Waals surface area contributed by atoms with Crippen LogP contribution in [0.25, 0.3) is 53.8 Å². The van der Waals surface area contributed by atoms with E-state index in [9.17, 15) is 0 Å². The molecule has 3 aromatic heterocycles. The smallest absolute Gasteiger partial charge is 0.0365 e. The number of thiophene rings is 1. The molecule has 0 N–H and O–H groups in total. The fourth-order valence-electron chi connectivity index (χ4n) is 5.66. The molecule has 249 valence electrons. The van der Waals surface area contributed by atoms with Crippen molar-refractivity contribution in [3.8, 4) is 33.6 Å². The van der Waals surface area contributed by atoms with E-state index in [0.29, 0.717) is 16.7 Å². The first-order valence-electron chi connectivity index (χ1n) is 18.7. The molecule has 0 aliphatic carbocycles. The number of nitrogens with zero attached hydrogens (tertiary/aromatic N) is 2. The second-order valence-corrected chi connectivity index (χ2v) is 24.6. The number of fused-ring (bicyclic) bond motifs is 3. The van der Waals surface area contributed by atoms with Crippen LogP contribution >= 0.6 is 11.3 Å². The third-order valence-electron chi connectivity index (χ3n) is 8.34. The van der Waals surface area contributed by atoms with Crippen molar-refractivity contribution in [2.45, 2.75) is 30.5 Å². The normalized spacial score (nSPS) is 13.1. The number of hydrogen-bond donors (Lipinski definition) is 0. The van der Waals surface area contributed by atoms with Gasteiger partial charge in [-0.05, 0) is 56.5 Å². The van der Waals surface area contributed by atoms with Crippen molar-refractivity contribution in [3.05, 3.63) is 175 Å². The fourth-order valence-corrected chi connectivity index (χ4v) is 9.08. The molecular formula is C45H38GeIrN2S-2. The van der Waals surface area contributed by atoms with Gasteiger partial charge in [0.05, 0.1) is 0 Å². The predicted molar refractivity (Wildman–Crippen MR) is 212 cm³/mol. The second kappa shape index (κ2) is 15.8. The summed E-state index contributed by atoms with van der Waals surface area (Å²) in [4.78, 5) is 9.09. The first-order chi connectivity index (χ1) is 25.8. The third-order valence-corrected chi connectivity index (χ3v) is 13.8. The van der Waals surface area contributed by atoms with E-state index in [1.807, 2.05) is 60.8 Å². The van der Waals surface area contributed by atoms with E-state index < -0.39 is 26.5 Å². The minimum absolute atomic E-state index is 0. The van der Waals surface area contributed by atoms with Crippen LogP contribution in [0.3, 0.4) is 0 Å². The predicted octanol–water partition coefficient (Wildman–Crippen LogP) is 11.6. The van der Waals surface area contributed by atoms with Crippen molar-refractivity contribution in [2.24, 2.45) is 0 Å². The number of aromatic nitrogens is 2. The summed E-state index contributed by atoms with van der Waals surface area (Å²) in [5, 5.41) is 2.39. The maximum absolute atomic E-state index is 8.75. The van der Waals surface area contributed by atoms with Gasteiger partial charge in [0, 0.05) is 33.7 Å². The van der Waals surface area contributed by atoms with Crippen LogP contribution in [0.15, 0.2) is 146 Å². The molecule has 0 unspecified atom stereocenters. The van der Waals surface area contributed by atoms with Crippen LogP contribution in [0.5, 0.6) is 0 Å². The van der Waals surface area contributed by atoms with Gasteiger partial charge in [-0.1, -0.05) is 84.2 Å². The van der Waals surface area contributed by atoms with E-state index >= 15 is 0 Å². The van der Waals surface area contributed by atoms with Gasteiger partial charge in [0.1, 0.15) is 0 Å². The van der Waals surface area contributed by atoms with Gasteiger partial charge in [-0.2, -0.15) is 11.3 Å². The Labute approximate surface area is 323 Å².